The SMILES string of the molecule is COCCNC(=O)c1cn(C[C@@H]2CCCN(C(=O)c3cc(-c4cccs4)on3)C2)nn1. The quantitative estimate of drug-likeness (QED) is 0.528. The van der Waals surface area contributed by atoms with E-state index in [2.05, 4.69) is 20.8 Å². The number of thiophene rings is 1. The molecule has 10 nitrogen and oxygen atoms in total. The Hall–Kier alpha value is -3.05. The molecule has 0 bridgehead atoms. The van der Waals surface area contributed by atoms with E-state index in [9.17, 15) is 9.59 Å². The summed E-state index contributed by atoms with van der Waals surface area (Å²) in [7, 11) is 1.58. The maximum atomic E-state index is 12.9. The summed E-state index contributed by atoms with van der Waals surface area (Å²) in [6.45, 7) is 2.71. The van der Waals surface area contributed by atoms with Crippen molar-refractivity contribution >= 4 is 23.2 Å². The molecule has 4 heterocycles. The zero-order valence-electron chi connectivity index (χ0n) is 17.2. The molecule has 0 unspecified atom stereocenters. The molecule has 1 aliphatic rings. The zero-order valence-corrected chi connectivity index (χ0v) is 18.0. The molecule has 3 aromatic heterocycles. The summed E-state index contributed by atoms with van der Waals surface area (Å²) in [6, 6.07) is 5.56. The summed E-state index contributed by atoms with van der Waals surface area (Å²) < 4.78 is 11.9. The number of hydrogen-bond donors (Lipinski definition) is 1. The van der Waals surface area contributed by atoms with Crippen LogP contribution in [0.25, 0.3) is 10.6 Å². The highest BCUT2D eigenvalue weighted by Crippen LogP contribution is 2.26. The number of carbonyl (C=O) groups is 2. The molecule has 2 amide bonds. The number of nitrogens with one attached hydrogen (secondary N) is 1. The Bertz CT molecular complexity index is 1010. The molecule has 0 aliphatic carbocycles. The van der Waals surface area contributed by atoms with Crippen molar-refractivity contribution in [1.82, 2.24) is 30.4 Å². The fraction of sp³-hybridized carbons (Fsp3) is 0.450. The van der Waals surface area contributed by atoms with E-state index in [1.807, 2.05) is 17.5 Å². The Morgan fingerprint density at radius 2 is 2.29 bits per heavy atom. The van der Waals surface area contributed by atoms with Gasteiger partial charge in [-0.15, -0.1) is 16.4 Å². The number of rotatable bonds is 8. The Morgan fingerprint density at radius 1 is 1.39 bits per heavy atom. The lowest BCUT2D eigenvalue weighted by Gasteiger charge is -2.32. The van der Waals surface area contributed by atoms with Crippen LogP contribution in [0.3, 0.4) is 0 Å². The molecule has 3 aromatic rings. The number of nitrogens with zero attached hydrogens (tertiary/aromatic N) is 5. The zero-order chi connectivity index (χ0) is 21.6. The lowest BCUT2D eigenvalue weighted by Crippen LogP contribution is -2.41. The first kappa shape index (κ1) is 21.2. The van der Waals surface area contributed by atoms with Crippen LogP contribution in [0, 0.1) is 5.92 Å². The van der Waals surface area contributed by atoms with Crippen LogP contribution in [0.15, 0.2) is 34.3 Å². The van der Waals surface area contributed by atoms with Crippen LogP contribution in [0.2, 0.25) is 0 Å². The Kier molecular flexibility index (Phi) is 6.73. The molecule has 1 fully saturated rings. The van der Waals surface area contributed by atoms with Crippen molar-refractivity contribution in [2.45, 2.75) is 19.4 Å². The van der Waals surface area contributed by atoms with Gasteiger partial charge in [-0.3, -0.25) is 14.3 Å². The van der Waals surface area contributed by atoms with E-state index in [1.165, 1.54) is 11.3 Å². The van der Waals surface area contributed by atoms with E-state index in [1.54, 1.807) is 29.0 Å². The minimum Gasteiger partial charge on any atom is -0.383 e. The summed E-state index contributed by atoms with van der Waals surface area (Å²) >= 11 is 1.54. The van der Waals surface area contributed by atoms with Crippen LogP contribution < -0.4 is 5.32 Å². The standard InChI is InChI=1S/C20H24N6O4S/c1-29-8-6-21-19(27)16-13-26(24-22-16)12-14-4-2-7-25(11-14)20(28)15-10-17(30-23-15)18-5-3-9-31-18/h3,5,9-10,13-14H,2,4,6-8,11-12H2,1H3,(H,21,27)/t14-/m1/s1. The minimum absolute atomic E-state index is 0.131. The van der Waals surface area contributed by atoms with Crippen molar-refractivity contribution in [2.24, 2.45) is 5.92 Å². The average Bonchev–Trinajstić information content (AvgIpc) is 3.54. The number of aromatic nitrogens is 4. The van der Waals surface area contributed by atoms with Gasteiger partial charge in [-0.1, -0.05) is 16.4 Å². The molecule has 4 rings (SSSR count). The topological polar surface area (TPSA) is 115 Å². The van der Waals surface area contributed by atoms with Gasteiger partial charge in [0, 0.05) is 39.4 Å². The highest BCUT2D eigenvalue weighted by atomic mass is 32.1. The number of amides is 2. The summed E-state index contributed by atoms with van der Waals surface area (Å²) in [6.07, 6.45) is 3.50. The monoisotopic (exact) mass is 444 g/mol. The first-order valence-electron chi connectivity index (χ1n) is 10.1. The van der Waals surface area contributed by atoms with Crippen molar-refractivity contribution in [1.29, 1.82) is 0 Å². The highest BCUT2D eigenvalue weighted by Gasteiger charge is 2.27. The van der Waals surface area contributed by atoms with Gasteiger partial charge in [0.1, 0.15) is 0 Å². The summed E-state index contributed by atoms with van der Waals surface area (Å²) in [5.41, 5.74) is 0.586. The molecular formula is C20H24N6O4S. The maximum Gasteiger partial charge on any atom is 0.276 e. The number of piperidine rings is 1. The predicted octanol–water partition coefficient (Wildman–Crippen LogP) is 1.92. The van der Waals surface area contributed by atoms with Crippen molar-refractivity contribution in [3.05, 3.63) is 41.2 Å². The molecule has 1 atom stereocenters. The van der Waals surface area contributed by atoms with Crippen molar-refractivity contribution < 1.29 is 18.8 Å². The van der Waals surface area contributed by atoms with Crippen LogP contribution >= 0.6 is 11.3 Å². The summed E-state index contributed by atoms with van der Waals surface area (Å²) in [5.74, 6) is 0.405. The van der Waals surface area contributed by atoms with Gasteiger partial charge < -0.3 is 19.5 Å². The largest absolute Gasteiger partial charge is 0.383 e. The molecule has 164 valence electrons. The third-order valence-electron chi connectivity index (χ3n) is 5.11. The summed E-state index contributed by atoms with van der Waals surface area (Å²) in [5, 5.41) is 16.7. The Morgan fingerprint density at radius 3 is 3.10 bits per heavy atom. The number of methoxy groups -OCH3 is 1. The molecule has 1 N–H and O–H groups in total. The van der Waals surface area contributed by atoms with E-state index >= 15 is 0 Å². The maximum absolute atomic E-state index is 12.9. The normalized spacial score (nSPS) is 16.4. The lowest BCUT2D eigenvalue weighted by molar-refractivity contribution is 0.0649. The van der Waals surface area contributed by atoms with Crippen molar-refractivity contribution in [3.63, 3.8) is 0 Å². The second-order valence-corrected chi connectivity index (χ2v) is 8.34. The fourth-order valence-electron chi connectivity index (χ4n) is 3.58. The number of ether oxygens (including phenoxy) is 1. The molecule has 11 heteroatoms. The Labute approximate surface area is 183 Å². The lowest BCUT2D eigenvalue weighted by atomic mass is 9.98. The van der Waals surface area contributed by atoms with Crippen molar-refractivity contribution in [3.8, 4) is 10.6 Å². The molecule has 1 aliphatic heterocycles. The van der Waals surface area contributed by atoms with Gasteiger partial charge in [-0.2, -0.15) is 0 Å². The molecule has 31 heavy (non-hydrogen) atoms. The average molecular weight is 445 g/mol. The molecule has 1 saturated heterocycles. The fourth-order valence-corrected chi connectivity index (χ4v) is 4.26. The minimum atomic E-state index is -0.281. The highest BCUT2D eigenvalue weighted by molar-refractivity contribution is 7.13. The van der Waals surface area contributed by atoms with E-state index < -0.39 is 0 Å². The third-order valence-corrected chi connectivity index (χ3v) is 5.99. The second kappa shape index (κ2) is 9.84. The third kappa shape index (κ3) is 5.17. The van der Waals surface area contributed by atoms with E-state index in [0.717, 1.165) is 17.7 Å². The molecular weight excluding hydrogens is 420 g/mol. The second-order valence-electron chi connectivity index (χ2n) is 7.39. The van der Waals surface area contributed by atoms with Crippen molar-refractivity contribution in [2.75, 3.05) is 33.4 Å². The van der Waals surface area contributed by atoms with E-state index in [4.69, 9.17) is 9.26 Å². The van der Waals surface area contributed by atoms with Gasteiger partial charge in [0.2, 0.25) is 0 Å². The first-order valence-corrected chi connectivity index (χ1v) is 11.0. The van der Waals surface area contributed by atoms with Gasteiger partial charge in [0.25, 0.3) is 11.8 Å². The Balaban J connectivity index is 1.34. The number of hydrogen-bond acceptors (Lipinski definition) is 8. The van der Waals surface area contributed by atoms with Crippen LogP contribution in [-0.4, -0.2) is 70.2 Å². The van der Waals surface area contributed by atoms with Gasteiger partial charge in [0.15, 0.2) is 17.1 Å². The molecule has 0 aromatic carbocycles. The van der Waals surface area contributed by atoms with Crippen LogP contribution in [-0.2, 0) is 11.3 Å². The van der Waals surface area contributed by atoms with Gasteiger partial charge in [-0.05, 0) is 30.2 Å². The molecule has 0 spiro atoms. The van der Waals surface area contributed by atoms with E-state index in [-0.39, 0.29) is 23.4 Å². The van der Waals surface area contributed by atoms with Crippen LogP contribution in [0.1, 0.15) is 33.8 Å². The van der Waals surface area contributed by atoms with Crippen LogP contribution in [0.4, 0.5) is 0 Å². The van der Waals surface area contributed by atoms with Gasteiger partial charge in [-0.25, -0.2) is 0 Å². The summed E-state index contributed by atoms with van der Waals surface area (Å²) in [4.78, 5) is 27.7. The van der Waals surface area contributed by atoms with Gasteiger partial charge >= 0.3 is 0 Å². The van der Waals surface area contributed by atoms with Crippen LogP contribution in [0.5, 0.6) is 0 Å². The predicted molar refractivity (Wildman–Crippen MR) is 113 cm³/mol. The van der Waals surface area contributed by atoms with E-state index in [0.29, 0.717) is 44.2 Å². The number of likely N-dealkylation sites (tertiary alicyclic amines) is 1. The van der Waals surface area contributed by atoms with Gasteiger partial charge in [0.05, 0.1) is 17.7 Å². The molecule has 0 saturated carbocycles. The molecule has 0 radical (unpaired) electrons. The first-order chi connectivity index (χ1) is 15.1. The number of carbonyl (C=O) groups excluding carboxylic acids is 2. The smallest absolute Gasteiger partial charge is 0.276 e.